The van der Waals surface area contributed by atoms with Crippen LogP contribution in [0.2, 0.25) is 0 Å². The number of likely N-dealkylation sites (tertiary alicyclic amines) is 1. The summed E-state index contributed by atoms with van der Waals surface area (Å²) in [5.41, 5.74) is 0.497. The van der Waals surface area contributed by atoms with Gasteiger partial charge in [0.2, 0.25) is 5.91 Å². The number of aromatic amines is 1. The van der Waals surface area contributed by atoms with Crippen molar-refractivity contribution in [2.45, 2.75) is 45.7 Å². The fourth-order valence-corrected chi connectivity index (χ4v) is 3.29. The largest absolute Gasteiger partial charge is 0.351 e. The zero-order chi connectivity index (χ0) is 18.8. The fraction of sp³-hybridized carbons (Fsp3) is 0.588. The van der Waals surface area contributed by atoms with Crippen LogP contribution in [-0.2, 0) is 11.8 Å². The van der Waals surface area contributed by atoms with Crippen molar-refractivity contribution in [2.24, 2.45) is 13.0 Å². The highest BCUT2D eigenvalue weighted by molar-refractivity contribution is 5.93. The van der Waals surface area contributed by atoms with Crippen LogP contribution in [0.15, 0.2) is 12.5 Å². The number of rotatable bonds is 5. The number of amides is 2. The topological polar surface area (TPSA) is 109 Å². The number of carbonyl (C=O) groups is 2. The molecular formula is C17H25N7O2. The second-order valence-corrected chi connectivity index (χ2v) is 7.24. The zero-order valence-electron chi connectivity index (χ0n) is 15.6. The molecule has 0 saturated carbocycles. The molecule has 0 unspecified atom stereocenters. The molecule has 0 spiro atoms. The average Bonchev–Trinajstić information content (AvgIpc) is 3.25. The molecule has 1 aliphatic rings. The molecule has 9 heteroatoms. The van der Waals surface area contributed by atoms with E-state index in [4.69, 9.17) is 0 Å². The van der Waals surface area contributed by atoms with Crippen LogP contribution in [0.4, 0.5) is 0 Å². The number of aromatic nitrogens is 5. The second kappa shape index (κ2) is 7.27. The molecule has 2 N–H and O–H groups in total. The van der Waals surface area contributed by atoms with Crippen LogP contribution in [0.3, 0.4) is 0 Å². The van der Waals surface area contributed by atoms with Gasteiger partial charge >= 0.3 is 0 Å². The Morgan fingerprint density at radius 3 is 2.77 bits per heavy atom. The third kappa shape index (κ3) is 3.76. The molecule has 0 bridgehead atoms. The van der Waals surface area contributed by atoms with Gasteiger partial charge in [-0.2, -0.15) is 5.10 Å². The quantitative estimate of drug-likeness (QED) is 0.827. The van der Waals surface area contributed by atoms with Gasteiger partial charge in [-0.15, -0.1) is 0 Å². The van der Waals surface area contributed by atoms with Crippen LogP contribution in [0.1, 0.15) is 54.9 Å². The molecule has 140 valence electrons. The Kier molecular flexibility index (Phi) is 5.06. The van der Waals surface area contributed by atoms with Crippen LogP contribution >= 0.6 is 0 Å². The van der Waals surface area contributed by atoms with Crippen molar-refractivity contribution >= 4 is 11.8 Å². The lowest BCUT2D eigenvalue weighted by Gasteiger charge is -2.22. The molecule has 1 fully saturated rings. The highest BCUT2D eigenvalue weighted by Gasteiger charge is 2.40. The van der Waals surface area contributed by atoms with Crippen molar-refractivity contribution in [1.29, 1.82) is 0 Å². The van der Waals surface area contributed by atoms with Gasteiger partial charge in [-0.25, -0.2) is 9.97 Å². The number of H-pyrrole nitrogens is 1. The molecule has 2 atom stereocenters. The fourth-order valence-electron chi connectivity index (χ4n) is 3.29. The highest BCUT2D eigenvalue weighted by Crippen LogP contribution is 2.31. The predicted octanol–water partition coefficient (Wildman–Crippen LogP) is 0.965. The molecule has 0 aromatic carbocycles. The molecule has 2 aromatic rings. The normalized spacial score (nSPS) is 20.0. The first kappa shape index (κ1) is 18.1. The molecule has 1 saturated heterocycles. The molecule has 26 heavy (non-hydrogen) atoms. The first-order valence-electron chi connectivity index (χ1n) is 8.80. The molecule has 0 radical (unpaired) electrons. The molecule has 2 aromatic heterocycles. The maximum absolute atomic E-state index is 13.0. The number of hydrogen-bond acceptors (Lipinski definition) is 5. The van der Waals surface area contributed by atoms with Gasteiger partial charge in [0, 0.05) is 26.1 Å². The van der Waals surface area contributed by atoms with Crippen molar-refractivity contribution < 1.29 is 9.59 Å². The zero-order valence-corrected chi connectivity index (χ0v) is 15.6. The van der Waals surface area contributed by atoms with Crippen LogP contribution < -0.4 is 5.32 Å². The van der Waals surface area contributed by atoms with Crippen molar-refractivity contribution in [3.8, 4) is 0 Å². The summed E-state index contributed by atoms with van der Waals surface area (Å²) in [5, 5.41) is 10.1. The maximum atomic E-state index is 13.0. The van der Waals surface area contributed by atoms with E-state index >= 15 is 0 Å². The van der Waals surface area contributed by atoms with Crippen LogP contribution in [0, 0.1) is 12.8 Å². The number of aryl methyl sites for hydroxylation is 2. The van der Waals surface area contributed by atoms with Gasteiger partial charge in [-0.3, -0.25) is 14.7 Å². The van der Waals surface area contributed by atoms with Gasteiger partial charge in [0.25, 0.3) is 5.91 Å². The summed E-state index contributed by atoms with van der Waals surface area (Å²) in [4.78, 5) is 35.3. The Morgan fingerprint density at radius 2 is 2.19 bits per heavy atom. The first-order chi connectivity index (χ1) is 12.3. The third-order valence-corrected chi connectivity index (χ3v) is 4.47. The van der Waals surface area contributed by atoms with Gasteiger partial charge < -0.3 is 14.8 Å². The minimum absolute atomic E-state index is 0.00440. The Hall–Kier alpha value is -2.71. The predicted molar refractivity (Wildman–Crippen MR) is 94.1 cm³/mol. The molecular weight excluding hydrogens is 334 g/mol. The van der Waals surface area contributed by atoms with Gasteiger partial charge in [-0.1, -0.05) is 13.8 Å². The Labute approximate surface area is 152 Å². The first-order valence-corrected chi connectivity index (χ1v) is 8.80. The third-order valence-electron chi connectivity index (χ3n) is 4.47. The monoisotopic (exact) mass is 359 g/mol. The van der Waals surface area contributed by atoms with E-state index in [9.17, 15) is 9.59 Å². The van der Waals surface area contributed by atoms with Crippen molar-refractivity contribution in [2.75, 3.05) is 6.54 Å². The van der Waals surface area contributed by atoms with Crippen molar-refractivity contribution in [3.05, 3.63) is 29.9 Å². The number of hydrogen-bond donors (Lipinski definition) is 2. The van der Waals surface area contributed by atoms with Gasteiger partial charge in [-0.05, 0) is 19.3 Å². The molecule has 0 aliphatic carbocycles. The van der Waals surface area contributed by atoms with Gasteiger partial charge in [0.05, 0.1) is 18.6 Å². The minimum atomic E-state index is -0.285. The van der Waals surface area contributed by atoms with Crippen molar-refractivity contribution in [1.82, 2.24) is 34.9 Å². The summed E-state index contributed by atoms with van der Waals surface area (Å²) < 4.78 is 1.69. The molecule has 1 aliphatic heterocycles. The summed E-state index contributed by atoms with van der Waals surface area (Å²) in [6.07, 6.45) is 4.20. The molecule has 9 nitrogen and oxygen atoms in total. The van der Waals surface area contributed by atoms with E-state index in [0.717, 1.165) is 0 Å². The lowest BCUT2D eigenvalue weighted by Crippen LogP contribution is -2.39. The number of nitrogens with zero attached hydrogens (tertiary/aromatic N) is 5. The van der Waals surface area contributed by atoms with E-state index in [1.165, 1.54) is 0 Å². The summed E-state index contributed by atoms with van der Waals surface area (Å²) in [6, 6.07) is -0.408. The number of nitrogens with one attached hydrogen (secondary N) is 2. The van der Waals surface area contributed by atoms with Gasteiger partial charge in [0.1, 0.15) is 11.5 Å². The van der Waals surface area contributed by atoms with E-state index in [0.29, 0.717) is 36.7 Å². The van der Waals surface area contributed by atoms with Gasteiger partial charge in [0.15, 0.2) is 5.82 Å². The average molecular weight is 359 g/mol. The maximum Gasteiger partial charge on any atom is 0.272 e. The summed E-state index contributed by atoms with van der Waals surface area (Å²) >= 11 is 0. The van der Waals surface area contributed by atoms with E-state index in [1.807, 2.05) is 20.8 Å². The Bertz CT molecular complexity index is 795. The minimum Gasteiger partial charge on any atom is -0.351 e. The van der Waals surface area contributed by atoms with Crippen LogP contribution in [-0.4, -0.2) is 54.0 Å². The van der Waals surface area contributed by atoms with E-state index in [-0.39, 0.29) is 29.8 Å². The SMILES string of the molecule is Cc1nc([C@@H]2C[C@H](NC(=O)CC(C)C)CN2C(=O)c2cncn2C)n[nH]1. The Morgan fingerprint density at radius 1 is 1.42 bits per heavy atom. The molecule has 2 amide bonds. The molecule has 3 heterocycles. The lowest BCUT2D eigenvalue weighted by atomic mass is 10.1. The highest BCUT2D eigenvalue weighted by atomic mass is 16.2. The smallest absolute Gasteiger partial charge is 0.272 e. The summed E-state index contributed by atoms with van der Waals surface area (Å²) in [5.74, 6) is 1.41. The standard InChI is InChI=1S/C17H25N7O2/c1-10(2)5-15(25)20-12-6-13(16-19-11(3)21-22-16)24(8-12)17(26)14-7-18-9-23(14)4/h7,9-10,12-13H,5-6,8H2,1-4H3,(H,20,25)(H,19,21,22)/t12-,13-/m0/s1. The second-order valence-electron chi connectivity index (χ2n) is 7.24. The van der Waals surface area contributed by atoms with E-state index in [1.54, 1.807) is 29.0 Å². The summed E-state index contributed by atoms with van der Waals surface area (Å²) in [6.45, 7) is 6.25. The van der Waals surface area contributed by atoms with E-state index < -0.39 is 0 Å². The van der Waals surface area contributed by atoms with E-state index in [2.05, 4.69) is 25.5 Å². The number of carbonyl (C=O) groups excluding carboxylic acids is 2. The van der Waals surface area contributed by atoms with Crippen LogP contribution in [0.25, 0.3) is 0 Å². The lowest BCUT2D eigenvalue weighted by molar-refractivity contribution is -0.122. The number of imidazole rings is 1. The summed E-state index contributed by atoms with van der Waals surface area (Å²) in [7, 11) is 1.78. The van der Waals surface area contributed by atoms with Crippen LogP contribution in [0.5, 0.6) is 0 Å². The van der Waals surface area contributed by atoms with Crippen molar-refractivity contribution in [3.63, 3.8) is 0 Å². The Balaban J connectivity index is 1.81. The molecule has 3 rings (SSSR count).